The summed E-state index contributed by atoms with van der Waals surface area (Å²) in [6.07, 6.45) is 5.76. The Morgan fingerprint density at radius 2 is 1.58 bits per heavy atom. The molecule has 2 aromatic heterocycles. The number of hydrogen-bond donors (Lipinski definition) is 0. The van der Waals surface area contributed by atoms with E-state index >= 15 is 0 Å². The second kappa shape index (κ2) is 12.1. The molecule has 0 N–H and O–H groups in total. The van der Waals surface area contributed by atoms with Crippen LogP contribution in [0.4, 0.5) is 5.69 Å². The third-order valence-corrected chi connectivity index (χ3v) is 11.0. The second-order valence-electron chi connectivity index (χ2n) is 12.1. The molecule has 8 rings (SSSR count). The highest BCUT2D eigenvalue weighted by Crippen LogP contribution is 2.50. The molecule has 0 saturated heterocycles. The molecule has 0 saturated carbocycles. The van der Waals surface area contributed by atoms with Crippen LogP contribution in [-0.2, 0) is 26.1 Å². The molecule has 50 heavy (non-hydrogen) atoms. The lowest BCUT2D eigenvalue weighted by atomic mass is 10.0. The van der Waals surface area contributed by atoms with E-state index in [1.165, 1.54) is 21.2 Å². The minimum atomic E-state index is -4.74. The van der Waals surface area contributed by atoms with E-state index < -0.39 is 32.0 Å². The first-order valence-corrected chi connectivity index (χ1v) is 19.6. The molecule has 0 bridgehead atoms. The zero-order valence-electron chi connectivity index (χ0n) is 26.5. The Morgan fingerprint density at radius 3 is 2.32 bits per heavy atom. The van der Waals surface area contributed by atoms with Crippen molar-refractivity contribution in [1.82, 2.24) is 4.57 Å². The number of para-hydroxylation sites is 1. The van der Waals surface area contributed by atoms with Crippen LogP contribution in [0.3, 0.4) is 0 Å². The molecule has 13 heteroatoms. The zero-order valence-corrected chi connectivity index (χ0v) is 29.0. The van der Waals surface area contributed by atoms with Crippen LogP contribution in [0.5, 0.6) is 0 Å². The topological polar surface area (TPSA) is 140 Å². The molecule has 0 spiro atoms. The first-order chi connectivity index (χ1) is 23.9. The van der Waals surface area contributed by atoms with Gasteiger partial charge in [0, 0.05) is 22.5 Å². The Labute approximate surface area is 292 Å². The van der Waals surface area contributed by atoms with Crippen LogP contribution in [0.25, 0.3) is 55.3 Å². The van der Waals surface area contributed by atoms with Crippen LogP contribution in [-0.4, -0.2) is 36.4 Å². The molecule has 252 valence electrons. The van der Waals surface area contributed by atoms with Crippen LogP contribution < -0.4 is 9.47 Å². The zero-order chi connectivity index (χ0) is 34.8. The third-order valence-electron chi connectivity index (χ3n) is 8.76. The highest BCUT2D eigenvalue weighted by molar-refractivity contribution is 8.03. The molecule has 0 unspecified atom stereocenters. The molecule has 5 aromatic carbocycles. The van der Waals surface area contributed by atoms with E-state index in [0.29, 0.717) is 33.8 Å². The number of fused-ring (bicyclic) bond motifs is 6. The first-order valence-electron chi connectivity index (χ1n) is 15.7. The standard InChI is InChI=1S/C37H29N3O7S3/c1-2-24(18-36-40(23-50(44,45)46)37-30-20-27-9-4-3-8-26(27)19-28(30)11-14-34(37)48-36)17-35-39(22-49(41,42)43)32-21-29(12-13-33(32)47-35)38-16-15-25-7-5-6-10-31(25)38/h3-21H,2,22-23H2,1H3,(H-,41,42,43,44,45,46)/p-1. The summed E-state index contributed by atoms with van der Waals surface area (Å²) in [5, 5.41) is 5.27. The maximum atomic E-state index is 12.2. The van der Waals surface area contributed by atoms with E-state index in [1.807, 2.05) is 103 Å². The summed E-state index contributed by atoms with van der Waals surface area (Å²) in [6, 6.07) is 31.0. The number of rotatable bonds is 8. The van der Waals surface area contributed by atoms with Gasteiger partial charge in [-0.1, -0.05) is 67.2 Å². The summed E-state index contributed by atoms with van der Waals surface area (Å²) in [4.78, 5) is 2.31. The first kappa shape index (κ1) is 32.3. The molecule has 0 fully saturated rings. The fourth-order valence-electron chi connectivity index (χ4n) is 6.52. The highest BCUT2D eigenvalue weighted by atomic mass is 32.2. The van der Waals surface area contributed by atoms with Crippen molar-refractivity contribution in [2.45, 2.75) is 24.1 Å². The number of benzene rings is 5. The fourth-order valence-corrected chi connectivity index (χ4v) is 8.92. The Hall–Kier alpha value is -4.92. The van der Waals surface area contributed by atoms with Crippen molar-refractivity contribution in [2.24, 2.45) is 0 Å². The van der Waals surface area contributed by atoms with Crippen molar-refractivity contribution in [3.05, 3.63) is 126 Å². The van der Waals surface area contributed by atoms with Gasteiger partial charge in [0.1, 0.15) is 16.0 Å². The Kier molecular flexibility index (Phi) is 7.84. The van der Waals surface area contributed by atoms with Gasteiger partial charge in [0.15, 0.2) is 10.1 Å². The number of hydrogen-bond acceptors (Lipinski definition) is 9. The lowest BCUT2D eigenvalue weighted by Gasteiger charge is -2.23. The molecule has 0 amide bonds. The van der Waals surface area contributed by atoms with Gasteiger partial charge in [-0.25, -0.2) is 16.8 Å². The van der Waals surface area contributed by atoms with Gasteiger partial charge < -0.3 is 23.0 Å². The average Bonchev–Trinajstić information content (AvgIpc) is 3.75. The molecule has 3 heterocycles. The minimum absolute atomic E-state index is 0.128. The van der Waals surface area contributed by atoms with Crippen LogP contribution in [0.15, 0.2) is 129 Å². The summed E-state index contributed by atoms with van der Waals surface area (Å²) in [5.41, 5.74) is 3.77. The largest absolute Gasteiger partial charge is 0.747 e. The van der Waals surface area contributed by atoms with E-state index in [1.54, 1.807) is 24.3 Å². The summed E-state index contributed by atoms with van der Waals surface area (Å²) in [7, 11) is -9.44. The minimum Gasteiger partial charge on any atom is -0.747 e. The lowest BCUT2D eigenvalue weighted by Crippen LogP contribution is -2.39. The molecule has 0 radical (unpaired) electrons. The van der Waals surface area contributed by atoms with Crippen molar-refractivity contribution >= 4 is 87.3 Å². The van der Waals surface area contributed by atoms with E-state index in [-0.39, 0.29) is 5.89 Å². The number of oxazole rings is 1. The van der Waals surface area contributed by atoms with E-state index in [4.69, 9.17) is 4.42 Å². The molecule has 7 aromatic rings. The van der Waals surface area contributed by atoms with Crippen molar-refractivity contribution < 1.29 is 34.9 Å². The van der Waals surface area contributed by atoms with Gasteiger partial charge in [0.05, 0.1) is 28.0 Å². The average molecular weight is 723 g/mol. The second-order valence-corrected chi connectivity index (χ2v) is 15.9. The predicted octanol–water partition coefficient (Wildman–Crippen LogP) is 7.22. The number of anilines is 1. The van der Waals surface area contributed by atoms with Gasteiger partial charge in [-0.2, -0.15) is 0 Å². The number of allylic oxidation sites excluding steroid dienone is 2. The van der Waals surface area contributed by atoms with E-state index in [0.717, 1.165) is 43.0 Å². The monoisotopic (exact) mass is 722 g/mol. The maximum absolute atomic E-state index is 12.2. The number of aromatic nitrogens is 2. The van der Waals surface area contributed by atoms with E-state index in [2.05, 4.69) is 0 Å². The van der Waals surface area contributed by atoms with Gasteiger partial charge in [-0.05, 0) is 82.1 Å². The van der Waals surface area contributed by atoms with E-state index in [9.17, 15) is 25.9 Å². The third kappa shape index (κ3) is 6.07. The molecule has 0 aliphatic carbocycles. The van der Waals surface area contributed by atoms with Crippen LogP contribution in [0.2, 0.25) is 0 Å². The van der Waals surface area contributed by atoms with Crippen molar-refractivity contribution in [3.8, 4) is 5.69 Å². The highest BCUT2D eigenvalue weighted by Gasteiger charge is 2.30. The summed E-state index contributed by atoms with van der Waals surface area (Å²) in [6.45, 7) is 1.89. The van der Waals surface area contributed by atoms with Gasteiger partial charge in [-0.3, -0.25) is 0 Å². The molecule has 1 aliphatic rings. The van der Waals surface area contributed by atoms with Gasteiger partial charge >= 0.3 is 5.89 Å². The van der Waals surface area contributed by atoms with Gasteiger partial charge in [0.2, 0.25) is 11.5 Å². The normalized spacial score (nSPS) is 14.9. The Morgan fingerprint density at radius 1 is 0.840 bits per heavy atom. The van der Waals surface area contributed by atoms with Crippen molar-refractivity contribution in [2.75, 3.05) is 10.8 Å². The van der Waals surface area contributed by atoms with Gasteiger partial charge in [-0.15, -0.1) is 4.57 Å². The maximum Gasteiger partial charge on any atom is 0.375 e. The van der Waals surface area contributed by atoms with Crippen LogP contribution >= 0.6 is 11.8 Å². The predicted molar refractivity (Wildman–Crippen MR) is 194 cm³/mol. The lowest BCUT2D eigenvalue weighted by molar-refractivity contribution is -0.658. The quantitative estimate of drug-likeness (QED) is 0.0903. The van der Waals surface area contributed by atoms with Crippen LogP contribution in [0, 0.1) is 0 Å². The fraction of sp³-hybridized carbons (Fsp3) is 0.108. The molecule has 0 atom stereocenters. The smallest absolute Gasteiger partial charge is 0.375 e. The summed E-state index contributed by atoms with van der Waals surface area (Å²) >= 11 is 1.34. The molecular weight excluding hydrogens is 695 g/mol. The number of nitrogens with zero attached hydrogens (tertiary/aromatic N) is 3. The Balaban J connectivity index is 1.25. The molecule has 10 nitrogen and oxygen atoms in total. The van der Waals surface area contributed by atoms with Gasteiger partial charge in [0.25, 0.3) is 5.52 Å². The van der Waals surface area contributed by atoms with Crippen molar-refractivity contribution in [1.29, 1.82) is 0 Å². The van der Waals surface area contributed by atoms with Crippen molar-refractivity contribution in [3.63, 3.8) is 0 Å². The molecule has 1 aliphatic heterocycles. The molecular formula is C37H28N3O7S3-. The summed E-state index contributed by atoms with van der Waals surface area (Å²) < 4.78 is 82.6. The Bertz CT molecular complexity index is 2800. The van der Waals surface area contributed by atoms with Crippen LogP contribution in [0.1, 0.15) is 19.2 Å². The summed E-state index contributed by atoms with van der Waals surface area (Å²) in [5.74, 6) is -1.52. The SMILES string of the molecule is CCC(/C=C1\Sc2ccc3cc4ccccc4cc3c2N1CS(=O)(=O)[O-])=C\c1oc2ccc(-n3ccc4ccccc43)cc2[n+]1CS(=O)(=O)[O-]. The number of thioether (sulfide) groups is 1.